The van der Waals surface area contributed by atoms with Gasteiger partial charge in [0.2, 0.25) is 0 Å². The van der Waals surface area contributed by atoms with Gasteiger partial charge in [-0.05, 0) is 39.2 Å². The quantitative estimate of drug-likeness (QED) is 0.703. The Labute approximate surface area is 91.7 Å². The molecule has 2 rings (SSSR count). The zero-order chi connectivity index (χ0) is 10.7. The van der Waals surface area contributed by atoms with Gasteiger partial charge in [0, 0.05) is 17.8 Å². The average molecular weight is 207 g/mol. The summed E-state index contributed by atoms with van der Waals surface area (Å²) in [5.74, 6) is 1.06. The molecule has 1 aromatic rings. The van der Waals surface area contributed by atoms with Crippen molar-refractivity contribution in [2.75, 3.05) is 6.54 Å². The summed E-state index contributed by atoms with van der Waals surface area (Å²) < 4.78 is 0. The van der Waals surface area contributed by atoms with Gasteiger partial charge in [-0.1, -0.05) is 12.8 Å². The molecule has 84 valence electrons. The highest BCUT2D eigenvalue weighted by atomic mass is 15.1. The van der Waals surface area contributed by atoms with E-state index in [0.29, 0.717) is 0 Å². The molecule has 0 saturated heterocycles. The minimum atomic E-state index is 0.957. The highest BCUT2D eigenvalue weighted by Crippen LogP contribution is 2.33. The highest BCUT2D eigenvalue weighted by Gasteiger charge is 2.19. The minimum Gasteiger partial charge on any atom is -0.313 e. The van der Waals surface area contributed by atoms with E-state index in [2.05, 4.69) is 29.4 Å². The average Bonchev–Trinajstić information content (AvgIpc) is 2.98. The summed E-state index contributed by atoms with van der Waals surface area (Å²) in [6.45, 7) is 6.24. The van der Waals surface area contributed by atoms with Crippen LogP contribution in [0, 0.1) is 19.8 Å². The Kier molecular flexibility index (Phi) is 3.41. The molecule has 0 radical (unpaired) electrons. The van der Waals surface area contributed by atoms with E-state index in [4.69, 9.17) is 0 Å². The lowest BCUT2D eigenvalue weighted by Crippen LogP contribution is -2.15. The van der Waals surface area contributed by atoms with E-state index in [0.717, 1.165) is 24.7 Å². The van der Waals surface area contributed by atoms with Crippen molar-refractivity contribution in [3.63, 3.8) is 0 Å². The number of nitrogens with one attached hydrogen (secondary N) is 2. The lowest BCUT2D eigenvalue weighted by Gasteiger charge is -2.04. The van der Waals surface area contributed by atoms with E-state index < -0.39 is 0 Å². The molecule has 0 aliphatic heterocycles. The van der Waals surface area contributed by atoms with Crippen LogP contribution in [0.5, 0.6) is 0 Å². The van der Waals surface area contributed by atoms with Crippen molar-refractivity contribution in [2.45, 2.75) is 46.1 Å². The SMILES string of the molecule is Cc1n[nH]c(C)c1CNCCCC1CC1. The summed E-state index contributed by atoms with van der Waals surface area (Å²) in [5.41, 5.74) is 3.66. The van der Waals surface area contributed by atoms with Crippen molar-refractivity contribution in [1.82, 2.24) is 15.5 Å². The van der Waals surface area contributed by atoms with Gasteiger partial charge in [-0.2, -0.15) is 5.10 Å². The molecule has 1 aliphatic carbocycles. The molecule has 1 fully saturated rings. The number of hydrogen-bond donors (Lipinski definition) is 2. The van der Waals surface area contributed by atoms with Gasteiger partial charge in [-0.15, -0.1) is 0 Å². The molecule has 0 atom stereocenters. The lowest BCUT2D eigenvalue weighted by molar-refractivity contribution is 0.592. The smallest absolute Gasteiger partial charge is 0.0638 e. The van der Waals surface area contributed by atoms with Crippen LogP contribution in [0.2, 0.25) is 0 Å². The van der Waals surface area contributed by atoms with Gasteiger partial charge in [0.15, 0.2) is 0 Å². The molecule has 1 heterocycles. The predicted molar refractivity (Wildman–Crippen MR) is 61.7 cm³/mol. The van der Waals surface area contributed by atoms with Crippen molar-refractivity contribution in [1.29, 1.82) is 0 Å². The van der Waals surface area contributed by atoms with E-state index in [-0.39, 0.29) is 0 Å². The fraction of sp³-hybridized carbons (Fsp3) is 0.750. The van der Waals surface area contributed by atoms with Crippen LogP contribution in [0.3, 0.4) is 0 Å². The molecule has 15 heavy (non-hydrogen) atoms. The Morgan fingerprint density at radius 2 is 2.20 bits per heavy atom. The largest absolute Gasteiger partial charge is 0.313 e. The van der Waals surface area contributed by atoms with Crippen molar-refractivity contribution in [3.8, 4) is 0 Å². The van der Waals surface area contributed by atoms with Gasteiger partial charge in [0.05, 0.1) is 5.69 Å². The second-order valence-electron chi connectivity index (χ2n) is 4.67. The second kappa shape index (κ2) is 4.79. The van der Waals surface area contributed by atoms with Crippen LogP contribution in [-0.4, -0.2) is 16.7 Å². The van der Waals surface area contributed by atoms with Crippen LogP contribution in [0.1, 0.15) is 42.6 Å². The molecule has 2 N–H and O–H groups in total. The van der Waals surface area contributed by atoms with Gasteiger partial charge in [0.25, 0.3) is 0 Å². The molecule has 0 bridgehead atoms. The number of H-pyrrole nitrogens is 1. The fourth-order valence-electron chi connectivity index (χ4n) is 1.97. The van der Waals surface area contributed by atoms with Crippen LogP contribution in [0.15, 0.2) is 0 Å². The number of aryl methyl sites for hydroxylation is 2. The molecule has 0 aromatic carbocycles. The highest BCUT2D eigenvalue weighted by molar-refractivity contribution is 5.22. The third-order valence-electron chi connectivity index (χ3n) is 3.25. The normalized spacial score (nSPS) is 15.9. The molecule has 0 spiro atoms. The first kappa shape index (κ1) is 10.7. The standard InChI is InChI=1S/C12H21N3/c1-9-12(10(2)15-14-9)8-13-7-3-4-11-5-6-11/h11,13H,3-8H2,1-2H3,(H,14,15). The zero-order valence-corrected chi connectivity index (χ0v) is 9.77. The summed E-state index contributed by atoms with van der Waals surface area (Å²) in [6.07, 6.45) is 5.68. The Morgan fingerprint density at radius 1 is 1.40 bits per heavy atom. The molecule has 1 aliphatic rings. The van der Waals surface area contributed by atoms with Crippen LogP contribution in [-0.2, 0) is 6.54 Å². The number of aromatic amines is 1. The predicted octanol–water partition coefficient (Wildman–Crippen LogP) is 2.31. The van der Waals surface area contributed by atoms with E-state index in [1.165, 1.54) is 36.9 Å². The van der Waals surface area contributed by atoms with Crippen molar-refractivity contribution in [3.05, 3.63) is 17.0 Å². The van der Waals surface area contributed by atoms with Crippen molar-refractivity contribution in [2.24, 2.45) is 5.92 Å². The molecule has 1 saturated carbocycles. The second-order valence-corrected chi connectivity index (χ2v) is 4.67. The molecule has 3 nitrogen and oxygen atoms in total. The first-order valence-electron chi connectivity index (χ1n) is 5.98. The number of aromatic nitrogens is 2. The van der Waals surface area contributed by atoms with E-state index in [9.17, 15) is 0 Å². The van der Waals surface area contributed by atoms with Crippen molar-refractivity contribution >= 4 is 0 Å². The Bertz CT molecular complexity index is 293. The molecule has 0 unspecified atom stereocenters. The lowest BCUT2D eigenvalue weighted by atomic mass is 10.2. The first-order chi connectivity index (χ1) is 7.27. The Balaban J connectivity index is 1.64. The summed E-state index contributed by atoms with van der Waals surface area (Å²) in [6, 6.07) is 0. The molecular weight excluding hydrogens is 186 g/mol. The van der Waals surface area contributed by atoms with Gasteiger partial charge in [0.1, 0.15) is 0 Å². The Morgan fingerprint density at radius 3 is 2.80 bits per heavy atom. The first-order valence-corrected chi connectivity index (χ1v) is 5.98. The summed E-state index contributed by atoms with van der Waals surface area (Å²) in [4.78, 5) is 0. The van der Waals surface area contributed by atoms with Gasteiger partial charge in [-0.3, -0.25) is 5.10 Å². The van der Waals surface area contributed by atoms with Crippen LogP contribution in [0.4, 0.5) is 0 Å². The third kappa shape index (κ3) is 3.06. The third-order valence-corrected chi connectivity index (χ3v) is 3.25. The number of rotatable bonds is 6. The van der Waals surface area contributed by atoms with E-state index >= 15 is 0 Å². The Hall–Kier alpha value is -0.830. The van der Waals surface area contributed by atoms with Crippen LogP contribution in [0.25, 0.3) is 0 Å². The van der Waals surface area contributed by atoms with Crippen LogP contribution < -0.4 is 5.32 Å². The number of nitrogens with zero attached hydrogens (tertiary/aromatic N) is 1. The summed E-state index contributed by atoms with van der Waals surface area (Å²) in [5, 5.41) is 10.7. The van der Waals surface area contributed by atoms with Gasteiger partial charge >= 0.3 is 0 Å². The fourth-order valence-corrected chi connectivity index (χ4v) is 1.97. The van der Waals surface area contributed by atoms with Crippen LogP contribution >= 0.6 is 0 Å². The van der Waals surface area contributed by atoms with E-state index in [1.54, 1.807) is 0 Å². The van der Waals surface area contributed by atoms with Gasteiger partial charge in [-0.25, -0.2) is 0 Å². The van der Waals surface area contributed by atoms with E-state index in [1.807, 2.05) is 0 Å². The number of hydrogen-bond acceptors (Lipinski definition) is 2. The maximum Gasteiger partial charge on any atom is 0.0638 e. The maximum atomic E-state index is 4.19. The monoisotopic (exact) mass is 207 g/mol. The van der Waals surface area contributed by atoms with Crippen molar-refractivity contribution < 1.29 is 0 Å². The zero-order valence-electron chi connectivity index (χ0n) is 9.77. The van der Waals surface area contributed by atoms with Gasteiger partial charge < -0.3 is 5.32 Å². The molecular formula is C12H21N3. The minimum absolute atomic E-state index is 0.957. The molecule has 3 heteroatoms. The molecule has 0 amide bonds. The summed E-state index contributed by atoms with van der Waals surface area (Å²) in [7, 11) is 0. The molecule has 1 aromatic heterocycles. The summed E-state index contributed by atoms with van der Waals surface area (Å²) >= 11 is 0. The maximum absolute atomic E-state index is 4.19. The topological polar surface area (TPSA) is 40.7 Å².